The van der Waals surface area contributed by atoms with E-state index in [4.69, 9.17) is 16.3 Å². The first-order chi connectivity index (χ1) is 15.8. The van der Waals surface area contributed by atoms with Gasteiger partial charge in [-0.05, 0) is 46.5 Å². The molecule has 1 heterocycles. The molecule has 4 N–H and O–H groups in total. The topological polar surface area (TPSA) is 103 Å². The fraction of sp³-hybridized carbons (Fsp3) is 0.500. The van der Waals surface area contributed by atoms with E-state index >= 15 is 0 Å². The van der Waals surface area contributed by atoms with Gasteiger partial charge < -0.3 is 30.9 Å². The molecule has 3 rings (SSSR count). The maximum Gasteiger partial charge on any atom is 0.254 e. The van der Waals surface area contributed by atoms with Crippen LogP contribution in [-0.4, -0.2) is 74.2 Å². The van der Waals surface area contributed by atoms with Crippen LogP contribution >= 0.6 is 11.6 Å². The van der Waals surface area contributed by atoms with E-state index in [1.54, 1.807) is 0 Å². The number of halogens is 2. The van der Waals surface area contributed by atoms with Crippen LogP contribution < -0.4 is 26.0 Å². The number of benzene rings is 1. The molecule has 180 valence electrons. The van der Waals surface area contributed by atoms with Gasteiger partial charge in [0.15, 0.2) is 5.82 Å². The van der Waals surface area contributed by atoms with Gasteiger partial charge in [0.2, 0.25) is 5.95 Å². The average Bonchev–Trinajstić information content (AvgIpc) is 3.23. The Morgan fingerprint density at radius 1 is 1.30 bits per heavy atom. The van der Waals surface area contributed by atoms with Gasteiger partial charge in [0.25, 0.3) is 5.91 Å². The number of hydrogen-bond acceptors (Lipinski definition) is 8. The van der Waals surface area contributed by atoms with E-state index in [2.05, 4.69) is 31.2 Å². The first kappa shape index (κ1) is 24.9. The first-order valence-corrected chi connectivity index (χ1v) is 11.2. The molecule has 11 heteroatoms. The van der Waals surface area contributed by atoms with Crippen molar-refractivity contribution >= 4 is 35.0 Å². The van der Waals surface area contributed by atoms with Crippen molar-refractivity contribution < 1.29 is 13.9 Å². The van der Waals surface area contributed by atoms with Crippen LogP contribution in [0.5, 0.6) is 5.75 Å². The molecule has 1 aromatic carbocycles. The highest BCUT2D eigenvalue weighted by molar-refractivity contribution is 6.32. The number of carbonyl (C=O) groups is 1. The number of amides is 1. The number of likely N-dealkylation sites (N-methyl/N-ethyl adjacent to an activating group) is 2. The molecule has 0 saturated heterocycles. The van der Waals surface area contributed by atoms with Crippen LogP contribution in [0, 0.1) is 5.82 Å². The van der Waals surface area contributed by atoms with E-state index < -0.39 is 11.7 Å². The Hall–Kier alpha value is -2.69. The van der Waals surface area contributed by atoms with Crippen molar-refractivity contribution in [3.8, 4) is 5.75 Å². The zero-order valence-electron chi connectivity index (χ0n) is 19.3. The summed E-state index contributed by atoms with van der Waals surface area (Å²) < 4.78 is 20.1. The predicted octanol–water partition coefficient (Wildman–Crippen LogP) is 2.87. The number of hydrogen-bond donors (Lipinski definition) is 4. The van der Waals surface area contributed by atoms with E-state index in [-0.39, 0.29) is 23.3 Å². The number of anilines is 3. The summed E-state index contributed by atoms with van der Waals surface area (Å²) in [6, 6.07) is 3.08. The highest BCUT2D eigenvalue weighted by Gasteiger charge is 2.27. The molecule has 0 spiro atoms. The van der Waals surface area contributed by atoms with Crippen molar-refractivity contribution in [2.24, 2.45) is 0 Å². The summed E-state index contributed by atoms with van der Waals surface area (Å²) in [6.07, 6.45) is 4.68. The van der Waals surface area contributed by atoms with Gasteiger partial charge in [-0.3, -0.25) is 4.79 Å². The molecule has 1 fully saturated rings. The molecule has 2 atom stereocenters. The molecule has 9 nitrogen and oxygen atoms in total. The van der Waals surface area contributed by atoms with Crippen LogP contribution in [0.15, 0.2) is 18.3 Å². The van der Waals surface area contributed by atoms with E-state index in [1.165, 1.54) is 25.4 Å². The molecular weight excluding hydrogens is 449 g/mol. The number of nitrogens with one attached hydrogen (secondary N) is 4. The van der Waals surface area contributed by atoms with E-state index in [0.29, 0.717) is 35.7 Å². The summed E-state index contributed by atoms with van der Waals surface area (Å²) in [7, 11) is 7.16. The van der Waals surface area contributed by atoms with Gasteiger partial charge in [0.1, 0.15) is 16.6 Å². The monoisotopic (exact) mass is 479 g/mol. The lowest BCUT2D eigenvalue weighted by atomic mass is 10.1. The Morgan fingerprint density at radius 3 is 2.76 bits per heavy atom. The van der Waals surface area contributed by atoms with E-state index in [1.807, 2.05) is 26.0 Å². The van der Waals surface area contributed by atoms with Gasteiger partial charge in [0.05, 0.1) is 24.6 Å². The van der Waals surface area contributed by atoms with Crippen molar-refractivity contribution in [3.05, 3.63) is 34.7 Å². The summed E-state index contributed by atoms with van der Waals surface area (Å²) in [4.78, 5) is 23.0. The summed E-state index contributed by atoms with van der Waals surface area (Å²) >= 11 is 6.30. The number of nitrogens with zero attached hydrogens (tertiary/aromatic N) is 3. The van der Waals surface area contributed by atoms with Gasteiger partial charge in [-0.25, -0.2) is 9.37 Å². The molecule has 1 aromatic heterocycles. The summed E-state index contributed by atoms with van der Waals surface area (Å²) in [5.41, 5.74) is 0.192. The molecule has 1 amide bonds. The molecule has 1 saturated carbocycles. The fourth-order valence-electron chi connectivity index (χ4n) is 3.79. The van der Waals surface area contributed by atoms with Crippen LogP contribution in [0.2, 0.25) is 5.02 Å². The Labute approximate surface area is 198 Å². The Kier molecular flexibility index (Phi) is 8.65. The third kappa shape index (κ3) is 6.43. The quantitative estimate of drug-likeness (QED) is 0.412. The van der Waals surface area contributed by atoms with E-state index in [9.17, 15) is 9.18 Å². The average molecular weight is 480 g/mol. The standard InChI is InChI=1S/C22H31ClFN7O2/c1-25-16-6-5-7-17(16)28-20-14(23)12-27-22(30-20)29-18-11-15(24)13(10-19(18)33-4)21(32)26-8-9-31(2)3/h10-12,16-17,25H,5-9H2,1-4H3,(H,26,32)(H2,27,28,29,30)/t16-,17-/m1/s1. The SMILES string of the molecule is CN[C@@H]1CCC[C@H]1Nc1nc(Nc2cc(F)c(C(=O)NCCN(C)C)cc2OC)ncc1Cl. The molecule has 33 heavy (non-hydrogen) atoms. The minimum absolute atomic E-state index is 0.102. The van der Waals surface area contributed by atoms with Crippen LogP contribution in [0.3, 0.4) is 0 Å². The smallest absolute Gasteiger partial charge is 0.254 e. The third-order valence-electron chi connectivity index (χ3n) is 5.58. The lowest BCUT2D eigenvalue weighted by Gasteiger charge is -2.21. The highest BCUT2D eigenvalue weighted by Crippen LogP contribution is 2.31. The predicted molar refractivity (Wildman–Crippen MR) is 128 cm³/mol. The summed E-state index contributed by atoms with van der Waals surface area (Å²) in [5.74, 6) is -0.187. The van der Waals surface area contributed by atoms with Crippen molar-refractivity contribution in [2.75, 3.05) is 52.0 Å². The largest absolute Gasteiger partial charge is 0.495 e. The highest BCUT2D eigenvalue weighted by atomic mass is 35.5. The maximum atomic E-state index is 14.8. The Morgan fingerprint density at radius 2 is 2.06 bits per heavy atom. The fourth-order valence-corrected chi connectivity index (χ4v) is 3.93. The number of ether oxygens (including phenoxy) is 1. The first-order valence-electron chi connectivity index (χ1n) is 10.9. The van der Waals surface area contributed by atoms with Crippen molar-refractivity contribution in [1.82, 2.24) is 25.5 Å². The molecule has 1 aliphatic rings. The number of rotatable bonds is 10. The third-order valence-corrected chi connectivity index (χ3v) is 5.85. The molecule has 2 aromatic rings. The lowest BCUT2D eigenvalue weighted by Crippen LogP contribution is -2.38. The molecule has 0 aliphatic heterocycles. The van der Waals surface area contributed by atoms with Gasteiger partial charge >= 0.3 is 0 Å². The molecule has 0 radical (unpaired) electrons. The summed E-state index contributed by atoms with van der Waals surface area (Å²) in [5, 5.41) is 12.7. The normalized spacial score (nSPS) is 17.8. The van der Waals surface area contributed by atoms with Gasteiger partial charge in [-0.1, -0.05) is 11.6 Å². The second-order valence-electron chi connectivity index (χ2n) is 8.18. The number of carbonyl (C=O) groups excluding carboxylic acids is 1. The van der Waals surface area contributed by atoms with E-state index in [0.717, 1.165) is 19.3 Å². The van der Waals surface area contributed by atoms with Crippen LogP contribution in [0.1, 0.15) is 29.6 Å². The van der Waals surface area contributed by atoms with Crippen molar-refractivity contribution in [3.63, 3.8) is 0 Å². The summed E-state index contributed by atoms with van der Waals surface area (Å²) in [6.45, 7) is 1.04. The number of methoxy groups -OCH3 is 1. The minimum Gasteiger partial charge on any atom is -0.495 e. The van der Waals surface area contributed by atoms with Gasteiger partial charge in [-0.15, -0.1) is 0 Å². The van der Waals surface area contributed by atoms with Crippen LogP contribution in [0.25, 0.3) is 0 Å². The van der Waals surface area contributed by atoms with Crippen LogP contribution in [0.4, 0.5) is 21.8 Å². The second-order valence-corrected chi connectivity index (χ2v) is 8.59. The number of aromatic nitrogens is 2. The second kappa shape index (κ2) is 11.4. The molecule has 0 unspecified atom stereocenters. The van der Waals surface area contributed by atoms with Crippen molar-refractivity contribution in [2.45, 2.75) is 31.3 Å². The van der Waals surface area contributed by atoms with Gasteiger partial charge in [0, 0.05) is 31.2 Å². The zero-order chi connectivity index (χ0) is 24.0. The zero-order valence-corrected chi connectivity index (χ0v) is 20.1. The van der Waals surface area contributed by atoms with Crippen molar-refractivity contribution in [1.29, 1.82) is 0 Å². The molecule has 1 aliphatic carbocycles. The van der Waals surface area contributed by atoms with Gasteiger partial charge in [-0.2, -0.15) is 4.98 Å². The minimum atomic E-state index is -0.684. The van der Waals surface area contributed by atoms with Crippen LogP contribution in [-0.2, 0) is 0 Å². The lowest BCUT2D eigenvalue weighted by molar-refractivity contribution is 0.0946. The Balaban J connectivity index is 1.77. The Bertz CT molecular complexity index is 976. The molecule has 0 bridgehead atoms. The maximum absolute atomic E-state index is 14.8. The molecular formula is C22H31ClFN7O2.